The molecule has 0 saturated heterocycles. The van der Waals surface area contributed by atoms with Crippen molar-refractivity contribution in [2.45, 2.75) is 6.92 Å². The van der Waals surface area contributed by atoms with Gasteiger partial charge >= 0.3 is 0 Å². The minimum atomic E-state index is -0.908. The molecule has 7 heteroatoms. The number of nitrogens with one attached hydrogen (secondary N) is 1. The molecule has 102 valence electrons. The molecule has 2 heterocycles. The third-order valence-electron chi connectivity index (χ3n) is 2.36. The van der Waals surface area contributed by atoms with Gasteiger partial charge in [0, 0.05) is 34.7 Å². The van der Waals surface area contributed by atoms with E-state index in [0.29, 0.717) is 28.8 Å². The van der Waals surface area contributed by atoms with Gasteiger partial charge in [0.1, 0.15) is 11.5 Å². The smallest absolute Gasteiger partial charge is 0.270 e. The first-order valence-corrected chi connectivity index (χ1v) is 8.27. The van der Waals surface area contributed by atoms with Crippen molar-refractivity contribution < 1.29 is 13.4 Å². The standard InChI is InChI=1S/C12H14N2O3S2/c1-8-3-4-10(17-8)12-14-9(7-18-12)11(15)13-5-6-19(2)16/h3-4,7H,5-6H2,1-2H3,(H,13,15)/t19-/m0/s1. The molecule has 0 bridgehead atoms. The lowest BCUT2D eigenvalue weighted by atomic mass is 10.4. The molecule has 0 aromatic carbocycles. The summed E-state index contributed by atoms with van der Waals surface area (Å²) in [6, 6.07) is 3.68. The molecule has 0 unspecified atom stereocenters. The Labute approximate surface area is 117 Å². The summed E-state index contributed by atoms with van der Waals surface area (Å²) in [7, 11) is -0.908. The van der Waals surface area contributed by atoms with Gasteiger partial charge in [0.2, 0.25) is 0 Å². The largest absolute Gasteiger partial charge is 0.459 e. The molecule has 1 N–H and O–H groups in total. The van der Waals surface area contributed by atoms with Gasteiger partial charge in [-0.25, -0.2) is 4.98 Å². The predicted molar refractivity (Wildman–Crippen MR) is 75.8 cm³/mol. The van der Waals surface area contributed by atoms with Crippen LogP contribution in [0.15, 0.2) is 21.9 Å². The van der Waals surface area contributed by atoms with E-state index >= 15 is 0 Å². The van der Waals surface area contributed by atoms with Crippen LogP contribution in [-0.2, 0) is 10.8 Å². The van der Waals surface area contributed by atoms with Crippen molar-refractivity contribution in [3.05, 3.63) is 29.0 Å². The molecule has 1 amide bonds. The topological polar surface area (TPSA) is 72.2 Å². The molecule has 2 aromatic heterocycles. The molecule has 0 fully saturated rings. The van der Waals surface area contributed by atoms with Crippen LogP contribution in [0.3, 0.4) is 0 Å². The van der Waals surface area contributed by atoms with Gasteiger partial charge in [0.15, 0.2) is 10.8 Å². The Hall–Kier alpha value is -1.47. The maximum absolute atomic E-state index is 11.8. The molecule has 19 heavy (non-hydrogen) atoms. The minimum absolute atomic E-state index is 0.253. The summed E-state index contributed by atoms with van der Waals surface area (Å²) >= 11 is 1.36. The van der Waals surface area contributed by atoms with E-state index in [2.05, 4.69) is 10.3 Å². The first-order chi connectivity index (χ1) is 9.06. The van der Waals surface area contributed by atoms with Gasteiger partial charge in [-0.15, -0.1) is 11.3 Å². The molecule has 2 rings (SSSR count). The molecule has 2 aromatic rings. The van der Waals surface area contributed by atoms with E-state index in [4.69, 9.17) is 4.42 Å². The van der Waals surface area contributed by atoms with Gasteiger partial charge in [0.05, 0.1) is 0 Å². The van der Waals surface area contributed by atoms with Crippen LogP contribution in [0.1, 0.15) is 16.2 Å². The molecule has 0 saturated carbocycles. The second-order valence-corrected chi connectivity index (χ2v) is 6.39. The number of aryl methyl sites for hydroxylation is 1. The van der Waals surface area contributed by atoms with Crippen LogP contribution in [0.2, 0.25) is 0 Å². The maximum Gasteiger partial charge on any atom is 0.270 e. The number of aromatic nitrogens is 1. The second-order valence-electron chi connectivity index (χ2n) is 3.98. The number of carbonyl (C=O) groups is 1. The average Bonchev–Trinajstić information content (AvgIpc) is 2.96. The van der Waals surface area contributed by atoms with Crippen molar-refractivity contribution in [1.29, 1.82) is 0 Å². The van der Waals surface area contributed by atoms with Crippen molar-refractivity contribution in [1.82, 2.24) is 10.3 Å². The Morgan fingerprint density at radius 1 is 1.53 bits per heavy atom. The average molecular weight is 298 g/mol. The van der Waals surface area contributed by atoms with Crippen LogP contribution in [0, 0.1) is 6.92 Å². The van der Waals surface area contributed by atoms with Crippen molar-refractivity contribution in [3.8, 4) is 10.8 Å². The summed E-state index contributed by atoms with van der Waals surface area (Å²) in [5, 5.41) is 5.05. The molecule has 5 nitrogen and oxygen atoms in total. The summed E-state index contributed by atoms with van der Waals surface area (Å²) in [5.74, 6) is 1.66. The molecule has 0 aliphatic rings. The maximum atomic E-state index is 11.8. The van der Waals surface area contributed by atoms with Crippen molar-refractivity contribution in [3.63, 3.8) is 0 Å². The number of furan rings is 1. The van der Waals surface area contributed by atoms with Crippen molar-refractivity contribution in [2.24, 2.45) is 0 Å². The van der Waals surface area contributed by atoms with Gasteiger partial charge in [0.25, 0.3) is 5.91 Å². The first kappa shape index (κ1) is 14.0. The van der Waals surface area contributed by atoms with E-state index in [-0.39, 0.29) is 5.91 Å². The van der Waals surface area contributed by atoms with Crippen LogP contribution < -0.4 is 5.32 Å². The van der Waals surface area contributed by atoms with E-state index in [9.17, 15) is 9.00 Å². The number of carbonyl (C=O) groups excluding carboxylic acids is 1. The Bertz CT molecular complexity index is 604. The quantitative estimate of drug-likeness (QED) is 0.914. The minimum Gasteiger partial charge on any atom is -0.459 e. The summed E-state index contributed by atoms with van der Waals surface area (Å²) < 4.78 is 16.3. The zero-order valence-electron chi connectivity index (χ0n) is 10.6. The highest BCUT2D eigenvalue weighted by Crippen LogP contribution is 2.25. The summed E-state index contributed by atoms with van der Waals surface area (Å²) in [6.07, 6.45) is 1.60. The van der Waals surface area contributed by atoms with E-state index in [1.807, 2.05) is 19.1 Å². The van der Waals surface area contributed by atoms with Crippen LogP contribution in [0.5, 0.6) is 0 Å². The normalized spacial score (nSPS) is 12.3. The predicted octanol–water partition coefficient (Wildman–Crippen LogP) is 1.82. The third kappa shape index (κ3) is 3.74. The van der Waals surface area contributed by atoms with Crippen LogP contribution in [0.4, 0.5) is 0 Å². The molecule has 0 radical (unpaired) electrons. The number of hydrogen-bond donors (Lipinski definition) is 1. The Balaban J connectivity index is 2.00. The van der Waals surface area contributed by atoms with Gasteiger partial charge in [-0.05, 0) is 19.1 Å². The highest BCUT2D eigenvalue weighted by molar-refractivity contribution is 7.84. The molecule has 0 spiro atoms. The molecule has 0 aliphatic carbocycles. The lowest BCUT2D eigenvalue weighted by molar-refractivity contribution is 0.0952. The third-order valence-corrected chi connectivity index (χ3v) is 4.00. The molecule has 1 atom stereocenters. The van der Waals surface area contributed by atoms with Crippen LogP contribution in [-0.4, -0.2) is 33.7 Å². The summed E-state index contributed by atoms with van der Waals surface area (Å²) in [6.45, 7) is 2.24. The number of amides is 1. The van der Waals surface area contributed by atoms with E-state index < -0.39 is 10.8 Å². The van der Waals surface area contributed by atoms with Gasteiger partial charge in [-0.3, -0.25) is 9.00 Å². The number of rotatable bonds is 5. The van der Waals surface area contributed by atoms with Gasteiger partial charge in [-0.2, -0.15) is 0 Å². The number of nitrogens with zero attached hydrogens (tertiary/aromatic N) is 1. The monoisotopic (exact) mass is 298 g/mol. The highest BCUT2D eigenvalue weighted by atomic mass is 32.2. The Morgan fingerprint density at radius 3 is 2.95 bits per heavy atom. The second kappa shape index (κ2) is 6.12. The van der Waals surface area contributed by atoms with Crippen LogP contribution >= 0.6 is 11.3 Å². The fraction of sp³-hybridized carbons (Fsp3) is 0.333. The highest BCUT2D eigenvalue weighted by Gasteiger charge is 2.13. The first-order valence-electron chi connectivity index (χ1n) is 5.67. The number of thiazole rings is 1. The fourth-order valence-corrected chi connectivity index (χ4v) is 2.59. The lowest BCUT2D eigenvalue weighted by Gasteiger charge is -2.00. The molecular formula is C12H14N2O3S2. The summed E-state index contributed by atoms with van der Waals surface area (Å²) in [5.41, 5.74) is 0.357. The SMILES string of the molecule is Cc1ccc(-c2nc(C(=O)NCC[S@](C)=O)cs2)o1. The molecule has 0 aliphatic heterocycles. The summed E-state index contributed by atoms with van der Waals surface area (Å²) in [4.78, 5) is 16.0. The number of hydrogen-bond acceptors (Lipinski definition) is 5. The zero-order chi connectivity index (χ0) is 13.8. The zero-order valence-corrected chi connectivity index (χ0v) is 12.3. The Morgan fingerprint density at radius 2 is 2.32 bits per heavy atom. The Kier molecular flexibility index (Phi) is 4.49. The van der Waals surface area contributed by atoms with Crippen molar-refractivity contribution in [2.75, 3.05) is 18.6 Å². The van der Waals surface area contributed by atoms with Gasteiger partial charge in [-0.1, -0.05) is 0 Å². The van der Waals surface area contributed by atoms with Gasteiger partial charge < -0.3 is 9.73 Å². The van der Waals surface area contributed by atoms with E-state index in [0.717, 1.165) is 5.76 Å². The molecular weight excluding hydrogens is 284 g/mol. The van der Waals surface area contributed by atoms with E-state index in [1.54, 1.807) is 11.6 Å². The lowest BCUT2D eigenvalue weighted by Crippen LogP contribution is -2.27. The fourth-order valence-electron chi connectivity index (χ4n) is 1.44. The van der Waals surface area contributed by atoms with Crippen molar-refractivity contribution >= 4 is 28.0 Å². The van der Waals surface area contributed by atoms with Crippen LogP contribution in [0.25, 0.3) is 10.8 Å². The van der Waals surface area contributed by atoms with E-state index in [1.165, 1.54) is 11.3 Å².